The van der Waals surface area contributed by atoms with Crippen LogP contribution >= 0.6 is 11.3 Å². The number of nitrogens with zero attached hydrogens (tertiary/aromatic N) is 1. The third-order valence-corrected chi connectivity index (χ3v) is 5.28. The first kappa shape index (κ1) is 13.3. The summed E-state index contributed by atoms with van der Waals surface area (Å²) in [4.78, 5) is 29.0. The van der Waals surface area contributed by atoms with Gasteiger partial charge in [0.2, 0.25) is 5.91 Å². The third kappa shape index (κ3) is 2.04. The number of fused-ring (bicyclic) bond motifs is 2. The van der Waals surface area contributed by atoms with Crippen molar-refractivity contribution in [3.8, 4) is 0 Å². The summed E-state index contributed by atoms with van der Waals surface area (Å²) in [5.74, 6) is -2.71. The monoisotopic (exact) mass is 291 g/mol. The minimum Gasteiger partial charge on any atom is -0.550 e. The molecule has 0 aliphatic heterocycles. The van der Waals surface area contributed by atoms with Crippen LogP contribution in [0.15, 0.2) is 12.2 Å². The number of amides is 1. The van der Waals surface area contributed by atoms with E-state index in [1.165, 1.54) is 11.3 Å². The summed E-state index contributed by atoms with van der Waals surface area (Å²) >= 11 is 1.41. The van der Waals surface area contributed by atoms with E-state index in [4.69, 9.17) is 0 Å². The first-order chi connectivity index (χ1) is 9.47. The number of allylic oxidation sites excluding steroid dienone is 2. The lowest BCUT2D eigenvalue weighted by Crippen LogP contribution is -2.42. The quantitative estimate of drug-likeness (QED) is 0.838. The molecule has 1 aromatic heterocycles. The maximum absolute atomic E-state index is 12.4. The van der Waals surface area contributed by atoms with Crippen LogP contribution in [0.1, 0.15) is 17.0 Å². The molecule has 6 heteroatoms. The fraction of sp³-hybridized carbons (Fsp3) is 0.500. The summed E-state index contributed by atoms with van der Waals surface area (Å²) in [6.45, 7) is 3.82. The average Bonchev–Trinajstić information content (AvgIpc) is 3.04. The van der Waals surface area contributed by atoms with E-state index in [-0.39, 0.29) is 17.7 Å². The van der Waals surface area contributed by atoms with Crippen LogP contribution in [0, 0.1) is 37.5 Å². The molecule has 1 N–H and O–H groups in total. The van der Waals surface area contributed by atoms with Gasteiger partial charge in [0.1, 0.15) is 0 Å². The fourth-order valence-corrected chi connectivity index (χ4v) is 4.03. The highest BCUT2D eigenvalue weighted by Gasteiger charge is 2.48. The Morgan fingerprint density at radius 3 is 2.50 bits per heavy atom. The van der Waals surface area contributed by atoms with E-state index in [1.54, 1.807) is 0 Å². The molecule has 2 bridgehead atoms. The number of hydrogen-bond acceptors (Lipinski definition) is 5. The molecule has 5 nitrogen and oxygen atoms in total. The molecule has 0 aromatic carbocycles. The van der Waals surface area contributed by atoms with E-state index in [0.717, 1.165) is 17.0 Å². The Balaban J connectivity index is 1.79. The highest BCUT2D eigenvalue weighted by Crippen LogP contribution is 2.48. The summed E-state index contributed by atoms with van der Waals surface area (Å²) in [5.41, 5.74) is 0.884. The van der Waals surface area contributed by atoms with Crippen molar-refractivity contribution in [3.05, 3.63) is 22.7 Å². The number of hydrogen-bond donors (Lipinski definition) is 1. The molecule has 2 aliphatic carbocycles. The van der Waals surface area contributed by atoms with Gasteiger partial charge in [-0.3, -0.25) is 4.79 Å². The zero-order valence-electron chi connectivity index (χ0n) is 11.3. The number of nitrogens with one attached hydrogen (secondary N) is 1. The number of aromatic nitrogens is 1. The van der Waals surface area contributed by atoms with Crippen LogP contribution in [0.5, 0.6) is 0 Å². The van der Waals surface area contributed by atoms with Gasteiger partial charge in [0.25, 0.3) is 0 Å². The largest absolute Gasteiger partial charge is 0.550 e. The SMILES string of the molecule is Cc1nc(NC(=O)[C@H]2[C@@H](C(=O)[O-])[C@H]3C=C[C@@H]2C3)sc1C. The Morgan fingerprint density at radius 2 is 1.95 bits per heavy atom. The molecule has 3 rings (SSSR count). The molecule has 1 amide bonds. The average molecular weight is 291 g/mol. The fourth-order valence-electron chi connectivity index (χ4n) is 3.22. The number of aliphatic carboxylic acids is 1. The van der Waals surface area contributed by atoms with E-state index in [2.05, 4.69) is 10.3 Å². The molecule has 0 radical (unpaired) electrons. The van der Waals surface area contributed by atoms with E-state index < -0.39 is 17.8 Å². The maximum Gasteiger partial charge on any atom is 0.230 e. The van der Waals surface area contributed by atoms with Gasteiger partial charge in [-0.05, 0) is 32.1 Å². The van der Waals surface area contributed by atoms with E-state index >= 15 is 0 Å². The van der Waals surface area contributed by atoms with Crippen molar-refractivity contribution < 1.29 is 14.7 Å². The van der Waals surface area contributed by atoms with Crippen molar-refractivity contribution in [3.63, 3.8) is 0 Å². The van der Waals surface area contributed by atoms with Crippen molar-refractivity contribution in [1.29, 1.82) is 0 Å². The van der Waals surface area contributed by atoms with Gasteiger partial charge in [0.05, 0.1) is 11.6 Å². The Kier molecular flexibility index (Phi) is 3.12. The van der Waals surface area contributed by atoms with Crippen LogP contribution in [-0.4, -0.2) is 16.9 Å². The number of anilines is 1. The summed E-state index contributed by atoms with van der Waals surface area (Å²) in [5, 5.41) is 14.6. The van der Waals surface area contributed by atoms with Crippen LogP contribution in [0.3, 0.4) is 0 Å². The van der Waals surface area contributed by atoms with Gasteiger partial charge >= 0.3 is 0 Å². The van der Waals surface area contributed by atoms with Crippen LogP contribution in [-0.2, 0) is 9.59 Å². The minimum absolute atomic E-state index is 0.00468. The molecule has 106 valence electrons. The highest BCUT2D eigenvalue weighted by molar-refractivity contribution is 7.15. The lowest BCUT2D eigenvalue weighted by atomic mass is 9.82. The van der Waals surface area contributed by atoms with Crippen molar-refractivity contribution in [1.82, 2.24) is 4.98 Å². The van der Waals surface area contributed by atoms with Gasteiger partial charge < -0.3 is 15.2 Å². The molecule has 0 saturated heterocycles. The van der Waals surface area contributed by atoms with Gasteiger partial charge in [0.15, 0.2) is 5.13 Å². The molecule has 2 aliphatic rings. The second kappa shape index (κ2) is 4.70. The predicted octanol–water partition coefficient (Wildman–Crippen LogP) is 0.887. The molecule has 0 spiro atoms. The molecule has 1 fully saturated rings. The second-order valence-electron chi connectivity index (χ2n) is 5.47. The van der Waals surface area contributed by atoms with Crippen LogP contribution in [0.25, 0.3) is 0 Å². The predicted molar refractivity (Wildman–Crippen MR) is 72.9 cm³/mol. The van der Waals surface area contributed by atoms with E-state index in [9.17, 15) is 14.7 Å². The Labute approximate surface area is 120 Å². The van der Waals surface area contributed by atoms with Gasteiger partial charge in [-0.25, -0.2) is 4.98 Å². The molecule has 0 unspecified atom stereocenters. The van der Waals surface area contributed by atoms with Crippen molar-refractivity contribution in [2.45, 2.75) is 20.3 Å². The zero-order valence-corrected chi connectivity index (χ0v) is 12.1. The van der Waals surface area contributed by atoms with Gasteiger partial charge in [0, 0.05) is 16.8 Å². The molecule has 1 aromatic rings. The Bertz CT molecular complexity index is 588. The number of rotatable bonds is 3. The van der Waals surface area contributed by atoms with Crippen molar-refractivity contribution in [2.75, 3.05) is 5.32 Å². The molecule has 1 heterocycles. The number of thiazole rings is 1. The van der Waals surface area contributed by atoms with Crippen LogP contribution in [0.4, 0.5) is 5.13 Å². The van der Waals surface area contributed by atoms with Gasteiger partial charge in [-0.2, -0.15) is 0 Å². The van der Waals surface area contributed by atoms with Gasteiger partial charge in [-0.1, -0.05) is 12.2 Å². The van der Waals surface area contributed by atoms with Crippen LogP contribution < -0.4 is 10.4 Å². The van der Waals surface area contributed by atoms with Crippen LogP contribution in [0.2, 0.25) is 0 Å². The second-order valence-corrected chi connectivity index (χ2v) is 6.67. The van der Waals surface area contributed by atoms with Crippen molar-refractivity contribution in [2.24, 2.45) is 23.7 Å². The number of aryl methyl sites for hydroxylation is 2. The summed E-state index contributed by atoms with van der Waals surface area (Å²) in [6.07, 6.45) is 4.58. The molecule has 4 atom stereocenters. The number of carbonyl (C=O) groups excluding carboxylic acids is 2. The topological polar surface area (TPSA) is 82.1 Å². The lowest BCUT2D eigenvalue weighted by Gasteiger charge is -2.27. The first-order valence-electron chi connectivity index (χ1n) is 6.61. The summed E-state index contributed by atoms with van der Waals surface area (Å²) in [6, 6.07) is 0. The van der Waals surface area contributed by atoms with E-state index in [0.29, 0.717) is 5.13 Å². The number of carboxylic acids is 1. The maximum atomic E-state index is 12.4. The van der Waals surface area contributed by atoms with E-state index in [1.807, 2.05) is 26.0 Å². The molecular formula is C14H15N2O3S-. The molecular weight excluding hydrogens is 276 g/mol. The minimum atomic E-state index is -1.13. The van der Waals surface area contributed by atoms with Crippen molar-refractivity contribution >= 4 is 28.3 Å². The zero-order chi connectivity index (χ0) is 14.4. The Hall–Kier alpha value is -1.69. The smallest absolute Gasteiger partial charge is 0.230 e. The molecule has 20 heavy (non-hydrogen) atoms. The standard InChI is InChI=1S/C14H16N2O3S/c1-6-7(2)20-14(15-6)16-12(17)10-8-3-4-9(5-8)11(10)13(18)19/h3-4,8-11H,5H2,1-2H3,(H,18,19)(H,15,16,17)/p-1/t8-,9+,10-,11+/m1/s1. The first-order valence-corrected chi connectivity index (χ1v) is 7.43. The molecule has 1 saturated carbocycles. The summed E-state index contributed by atoms with van der Waals surface area (Å²) < 4.78 is 0. The summed E-state index contributed by atoms with van der Waals surface area (Å²) in [7, 11) is 0. The lowest BCUT2D eigenvalue weighted by molar-refractivity contribution is -0.313. The normalized spacial score (nSPS) is 30.7. The number of carboxylic acid groups (broad SMARTS) is 1. The van der Waals surface area contributed by atoms with Gasteiger partial charge in [-0.15, -0.1) is 11.3 Å². The number of carbonyl (C=O) groups is 2. The highest BCUT2D eigenvalue weighted by atomic mass is 32.1. The third-order valence-electron chi connectivity index (χ3n) is 4.29. The Morgan fingerprint density at radius 1 is 1.30 bits per heavy atom.